The van der Waals surface area contributed by atoms with Crippen LogP contribution in [-0.4, -0.2) is 34.0 Å². The van der Waals surface area contributed by atoms with Crippen molar-refractivity contribution in [3.05, 3.63) is 71.4 Å². The lowest BCUT2D eigenvalue weighted by atomic mass is 9.89. The average molecular weight is 430 g/mol. The highest BCUT2D eigenvalue weighted by atomic mass is 32.1. The number of hydrogen-bond donors (Lipinski definition) is 2. The van der Waals surface area contributed by atoms with Gasteiger partial charge < -0.3 is 10.3 Å². The van der Waals surface area contributed by atoms with Crippen LogP contribution in [0.4, 0.5) is 5.69 Å². The first-order valence-electron chi connectivity index (χ1n) is 11.7. The summed E-state index contributed by atoms with van der Waals surface area (Å²) in [5.74, 6) is 0. The van der Waals surface area contributed by atoms with E-state index in [0.29, 0.717) is 6.04 Å². The topological polar surface area (TPSA) is 31.1 Å². The number of fused-ring (bicyclic) bond motifs is 2. The molecular weight excluding hydrogens is 398 g/mol. The lowest BCUT2D eigenvalue weighted by Crippen LogP contribution is -2.41. The van der Waals surface area contributed by atoms with Crippen LogP contribution in [-0.2, 0) is 6.42 Å². The Hall–Kier alpha value is -2.43. The van der Waals surface area contributed by atoms with Crippen LogP contribution in [0.3, 0.4) is 0 Å². The van der Waals surface area contributed by atoms with Crippen molar-refractivity contribution in [3.8, 4) is 0 Å². The molecule has 0 spiro atoms. The van der Waals surface area contributed by atoms with Gasteiger partial charge in [-0.3, -0.25) is 4.90 Å². The van der Waals surface area contributed by atoms with E-state index in [1.807, 2.05) is 0 Å². The standard InChI is InChI=1S/C27H31N3S/c1-2-7-19-8-3-4-10-23(19)27(31)29-21-11-12-26-24(17-21)25(18-28-26)20-13-15-30-14-6-5-9-22(30)16-20/h3-4,8,10-13,17-18,22,28H,2,5-7,9,14-16H2,1H3,(H,29,31). The Morgan fingerprint density at radius 3 is 3.00 bits per heavy atom. The van der Waals surface area contributed by atoms with Crippen LogP contribution in [0.1, 0.15) is 55.7 Å². The first-order chi connectivity index (χ1) is 15.2. The molecule has 4 heteroatoms. The molecule has 31 heavy (non-hydrogen) atoms. The predicted octanol–water partition coefficient (Wildman–Crippen LogP) is 6.55. The van der Waals surface area contributed by atoms with Gasteiger partial charge in [0, 0.05) is 46.5 Å². The number of piperidine rings is 1. The molecule has 1 atom stereocenters. The van der Waals surface area contributed by atoms with Crippen molar-refractivity contribution in [2.24, 2.45) is 0 Å². The molecule has 0 amide bonds. The molecule has 3 heterocycles. The third-order valence-electron chi connectivity index (χ3n) is 6.84. The van der Waals surface area contributed by atoms with Crippen molar-refractivity contribution in [2.45, 2.75) is 51.5 Å². The number of anilines is 1. The highest BCUT2D eigenvalue weighted by Crippen LogP contribution is 2.35. The minimum absolute atomic E-state index is 0.711. The maximum absolute atomic E-state index is 5.79. The Morgan fingerprint density at radius 2 is 2.10 bits per heavy atom. The van der Waals surface area contributed by atoms with Crippen LogP contribution in [0.15, 0.2) is 54.7 Å². The van der Waals surface area contributed by atoms with Crippen molar-refractivity contribution < 1.29 is 0 Å². The summed E-state index contributed by atoms with van der Waals surface area (Å²) in [6, 6.07) is 15.7. The Balaban J connectivity index is 1.41. The van der Waals surface area contributed by atoms with Crippen molar-refractivity contribution in [1.82, 2.24) is 9.88 Å². The molecule has 5 rings (SSSR count). The van der Waals surface area contributed by atoms with E-state index in [9.17, 15) is 0 Å². The van der Waals surface area contributed by atoms with E-state index in [-0.39, 0.29) is 0 Å². The first kappa shape index (κ1) is 20.5. The van der Waals surface area contributed by atoms with Gasteiger partial charge in [0.15, 0.2) is 0 Å². The summed E-state index contributed by atoms with van der Waals surface area (Å²) in [4.78, 5) is 6.94. The second kappa shape index (κ2) is 8.97. The highest BCUT2D eigenvalue weighted by Gasteiger charge is 2.27. The van der Waals surface area contributed by atoms with Gasteiger partial charge in [0.2, 0.25) is 0 Å². The molecule has 3 nitrogen and oxygen atoms in total. The number of aromatic amines is 1. The number of hydrogen-bond acceptors (Lipinski definition) is 2. The Labute approximate surface area is 190 Å². The smallest absolute Gasteiger partial charge is 0.111 e. The molecule has 0 bridgehead atoms. The van der Waals surface area contributed by atoms with Gasteiger partial charge in [-0.25, -0.2) is 0 Å². The molecule has 1 saturated heterocycles. The van der Waals surface area contributed by atoms with Gasteiger partial charge in [-0.15, -0.1) is 0 Å². The number of benzene rings is 2. The minimum atomic E-state index is 0.711. The number of rotatable bonds is 5. The van der Waals surface area contributed by atoms with Crippen LogP contribution >= 0.6 is 12.2 Å². The molecule has 2 N–H and O–H groups in total. The van der Waals surface area contributed by atoms with Crippen molar-refractivity contribution in [3.63, 3.8) is 0 Å². The normalized spacial score (nSPS) is 19.1. The van der Waals surface area contributed by atoms with E-state index < -0.39 is 0 Å². The monoisotopic (exact) mass is 429 g/mol. The Bertz CT molecular complexity index is 1130. The van der Waals surface area contributed by atoms with Crippen LogP contribution in [0.25, 0.3) is 16.5 Å². The fourth-order valence-electron chi connectivity index (χ4n) is 5.21. The maximum atomic E-state index is 5.79. The van der Waals surface area contributed by atoms with E-state index in [2.05, 4.69) is 76.9 Å². The highest BCUT2D eigenvalue weighted by molar-refractivity contribution is 7.81. The molecule has 2 aliphatic rings. The van der Waals surface area contributed by atoms with Crippen molar-refractivity contribution in [2.75, 3.05) is 18.4 Å². The molecule has 3 aromatic rings. The lowest BCUT2D eigenvalue weighted by Gasteiger charge is -2.38. The zero-order valence-corrected chi connectivity index (χ0v) is 19.1. The summed E-state index contributed by atoms with van der Waals surface area (Å²) in [6.45, 7) is 4.55. The average Bonchev–Trinajstić information content (AvgIpc) is 3.22. The predicted molar refractivity (Wildman–Crippen MR) is 136 cm³/mol. The number of aromatic nitrogens is 1. The third-order valence-corrected chi connectivity index (χ3v) is 7.17. The van der Waals surface area contributed by atoms with Gasteiger partial charge in [0.05, 0.1) is 0 Å². The quantitative estimate of drug-likeness (QED) is 0.451. The van der Waals surface area contributed by atoms with Gasteiger partial charge in [-0.05, 0) is 61.6 Å². The number of aryl methyl sites for hydroxylation is 1. The summed E-state index contributed by atoms with van der Waals surface area (Å²) in [6.07, 6.45) is 12.0. The summed E-state index contributed by atoms with van der Waals surface area (Å²) in [7, 11) is 0. The molecular formula is C27H31N3S. The van der Waals surface area contributed by atoms with Crippen LogP contribution in [0, 0.1) is 0 Å². The molecule has 1 aromatic heterocycles. The Kier molecular flexibility index (Phi) is 5.93. The van der Waals surface area contributed by atoms with Crippen LogP contribution < -0.4 is 5.32 Å². The fraction of sp³-hybridized carbons (Fsp3) is 0.370. The molecule has 0 aliphatic carbocycles. The number of nitrogens with zero attached hydrogens (tertiary/aromatic N) is 1. The summed E-state index contributed by atoms with van der Waals surface area (Å²) >= 11 is 5.79. The number of thiocarbonyl (C=S) groups is 1. The van der Waals surface area contributed by atoms with E-state index in [1.165, 1.54) is 53.4 Å². The molecule has 2 aliphatic heterocycles. The second-order valence-electron chi connectivity index (χ2n) is 8.90. The second-order valence-corrected chi connectivity index (χ2v) is 9.31. The van der Waals surface area contributed by atoms with E-state index >= 15 is 0 Å². The van der Waals surface area contributed by atoms with Crippen molar-refractivity contribution >= 4 is 39.4 Å². The molecule has 1 unspecified atom stereocenters. The number of nitrogens with one attached hydrogen (secondary N) is 2. The zero-order valence-electron chi connectivity index (χ0n) is 18.3. The van der Waals surface area contributed by atoms with Gasteiger partial charge in [-0.2, -0.15) is 0 Å². The summed E-state index contributed by atoms with van der Waals surface area (Å²) in [5, 5.41) is 4.79. The van der Waals surface area contributed by atoms with Gasteiger partial charge in [0.25, 0.3) is 0 Å². The van der Waals surface area contributed by atoms with Crippen molar-refractivity contribution in [1.29, 1.82) is 0 Å². The van der Waals surface area contributed by atoms with Gasteiger partial charge in [0.1, 0.15) is 4.99 Å². The Morgan fingerprint density at radius 1 is 1.19 bits per heavy atom. The zero-order chi connectivity index (χ0) is 21.2. The molecule has 2 aromatic carbocycles. The molecule has 0 saturated carbocycles. The van der Waals surface area contributed by atoms with Gasteiger partial charge >= 0.3 is 0 Å². The maximum Gasteiger partial charge on any atom is 0.111 e. The number of H-pyrrole nitrogens is 1. The summed E-state index contributed by atoms with van der Waals surface area (Å²) < 4.78 is 0. The van der Waals surface area contributed by atoms with Gasteiger partial charge in [-0.1, -0.05) is 62.3 Å². The largest absolute Gasteiger partial charge is 0.361 e. The van der Waals surface area contributed by atoms with E-state index in [0.717, 1.165) is 42.0 Å². The molecule has 160 valence electrons. The fourth-order valence-corrected chi connectivity index (χ4v) is 5.52. The SMILES string of the molecule is CCCc1ccccc1C(=S)Nc1ccc2[nH]cc(C3=CCN4CCCCC4C3)c2c1. The van der Waals surface area contributed by atoms with Crippen LogP contribution in [0.5, 0.6) is 0 Å². The van der Waals surface area contributed by atoms with E-state index in [4.69, 9.17) is 12.2 Å². The summed E-state index contributed by atoms with van der Waals surface area (Å²) in [5.41, 5.74) is 7.53. The van der Waals surface area contributed by atoms with Crippen LogP contribution in [0.2, 0.25) is 0 Å². The molecule has 0 radical (unpaired) electrons. The van der Waals surface area contributed by atoms with E-state index in [1.54, 1.807) is 0 Å². The first-order valence-corrected chi connectivity index (χ1v) is 12.1. The minimum Gasteiger partial charge on any atom is -0.361 e. The third kappa shape index (κ3) is 4.19. The lowest BCUT2D eigenvalue weighted by molar-refractivity contribution is 0.161. The molecule has 1 fully saturated rings.